The number of benzene rings is 1. The Kier molecular flexibility index (Phi) is 7.22. The third kappa shape index (κ3) is 5.84. The van der Waals surface area contributed by atoms with Crippen molar-refractivity contribution in [1.82, 2.24) is 30.6 Å². The van der Waals surface area contributed by atoms with Gasteiger partial charge in [0.15, 0.2) is 0 Å². The molecule has 0 radical (unpaired) electrons. The molecule has 1 saturated heterocycles. The molecule has 5 rings (SSSR count). The number of ether oxygens (including phenoxy) is 2. The minimum absolute atomic E-state index is 0.133. The van der Waals surface area contributed by atoms with E-state index in [1.807, 2.05) is 24.3 Å². The molecule has 1 atom stereocenters. The molecule has 0 spiro atoms. The van der Waals surface area contributed by atoms with Gasteiger partial charge in [-0.05, 0) is 49.2 Å². The summed E-state index contributed by atoms with van der Waals surface area (Å²) in [5.41, 5.74) is 3.35. The summed E-state index contributed by atoms with van der Waals surface area (Å²) in [6, 6.07) is 12.8. The quantitative estimate of drug-likeness (QED) is 0.256. The first-order valence-corrected chi connectivity index (χ1v) is 12.0. The number of nitrogens with zero attached hydrogens (tertiary/aromatic N) is 3. The van der Waals surface area contributed by atoms with Crippen LogP contribution in [0.15, 0.2) is 54.9 Å². The van der Waals surface area contributed by atoms with Gasteiger partial charge in [-0.25, -0.2) is 9.97 Å². The molecule has 4 N–H and O–H groups in total. The highest BCUT2D eigenvalue weighted by Gasteiger charge is 2.23. The van der Waals surface area contributed by atoms with E-state index in [0.29, 0.717) is 48.5 Å². The first kappa shape index (κ1) is 24.2. The molecule has 1 aliphatic heterocycles. The maximum absolute atomic E-state index is 12.6. The van der Waals surface area contributed by atoms with Crippen LogP contribution < -0.4 is 20.7 Å². The van der Waals surface area contributed by atoms with Gasteiger partial charge in [0.05, 0.1) is 18.5 Å². The highest BCUT2D eigenvalue weighted by Crippen LogP contribution is 2.24. The number of rotatable bonds is 9. The minimum Gasteiger partial charge on any atom is -0.497 e. The molecule has 0 unspecified atom stereocenters. The monoisotopic (exact) mass is 501 g/mol. The van der Waals surface area contributed by atoms with Crippen molar-refractivity contribution in [3.8, 4) is 17.1 Å². The van der Waals surface area contributed by atoms with Crippen LogP contribution in [-0.4, -0.2) is 64.7 Å². The van der Waals surface area contributed by atoms with Crippen LogP contribution in [-0.2, 0) is 9.53 Å². The van der Waals surface area contributed by atoms with Crippen LogP contribution in [0.1, 0.15) is 23.3 Å². The van der Waals surface area contributed by atoms with Gasteiger partial charge in [0, 0.05) is 54.7 Å². The molecular weight excluding hydrogens is 474 g/mol. The number of aromatic amines is 1. The van der Waals surface area contributed by atoms with Gasteiger partial charge >= 0.3 is 0 Å². The van der Waals surface area contributed by atoms with Crippen molar-refractivity contribution in [3.05, 3.63) is 60.6 Å². The van der Waals surface area contributed by atoms with E-state index in [4.69, 9.17) is 9.47 Å². The molecule has 4 heterocycles. The highest BCUT2D eigenvalue weighted by molar-refractivity contribution is 5.98. The van der Waals surface area contributed by atoms with Crippen LogP contribution in [0.25, 0.3) is 22.3 Å². The molecule has 1 aromatic carbocycles. The van der Waals surface area contributed by atoms with E-state index >= 15 is 0 Å². The van der Waals surface area contributed by atoms with Crippen LogP contribution in [0.2, 0.25) is 0 Å². The number of pyridine rings is 1. The Labute approximate surface area is 213 Å². The van der Waals surface area contributed by atoms with Gasteiger partial charge in [-0.3, -0.25) is 14.6 Å². The van der Waals surface area contributed by atoms with Crippen molar-refractivity contribution in [2.24, 2.45) is 0 Å². The Morgan fingerprint density at radius 3 is 2.76 bits per heavy atom. The largest absolute Gasteiger partial charge is 0.497 e. The molecule has 0 aliphatic carbocycles. The Morgan fingerprint density at radius 1 is 1.05 bits per heavy atom. The zero-order chi connectivity index (χ0) is 25.6. The number of aromatic nitrogens is 4. The summed E-state index contributed by atoms with van der Waals surface area (Å²) in [5.74, 6) is 0.727. The van der Waals surface area contributed by atoms with Crippen LogP contribution in [0.5, 0.6) is 5.75 Å². The number of H-pyrrole nitrogens is 1. The lowest BCUT2D eigenvalue weighted by Crippen LogP contribution is -2.39. The average Bonchev–Trinajstić information content (AvgIpc) is 3.61. The lowest BCUT2D eigenvalue weighted by molar-refractivity contribution is -0.129. The molecule has 0 bridgehead atoms. The lowest BCUT2D eigenvalue weighted by Gasteiger charge is -2.10. The fraction of sp³-hybridized carbons (Fsp3) is 0.269. The molecule has 4 aromatic rings. The number of fused-ring (bicyclic) bond motifs is 1. The first-order chi connectivity index (χ1) is 18.1. The summed E-state index contributed by atoms with van der Waals surface area (Å²) < 4.78 is 10.6. The summed E-state index contributed by atoms with van der Waals surface area (Å²) in [5, 5.41) is 9.66. The topological polar surface area (TPSA) is 143 Å². The zero-order valence-electron chi connectivity index (χ0n) is 20.3. The zero-order valence-corrected chi connectivity index (χ0v) is 20.3. The fourth-order valence-electron chi connectivity index (χ4n) is 4.06. The highest BCUT2D eigenvalue weighted by atomic mass is 16.5. The normalized spacial score (nSPS) is 14.9. The molecule has 190 valence electrons. The molecule has 1 fully saturated rings. The number of nitrogens with one attached hydrogen (secondary N) is 4. The van der Waals surface area contributed by atoms with Gasteiger partial charge in [-0.1, -0.05) is 0 Å². The minimum atomic E-state index is -0.376. The lowest BCUT2D eigenvalue weighted by atomic mass is 10.2. The third-order valence-corrected chi connectivity index (χ3v) is 5.94. The molecule has 11 nitrogen and oxygen atoms in total. The Balaban J connectivity index is 1.20. The van der Waals surface area contributed by atoms with E-state index in [0.717, 1.165) is 29.4 Å². The average molecular weight is 502 g/mol. The summed E-state index contributed by atoms with van der Waals surface area (Å²) >= 11 is 0. The molecule has 2 amide bonds. The molecule has 0 saturated carbocycles. The summed E-state index contributed by atoms with van der Waals surface area (Å²) in [6.07, 6.45) is 4.58. The van der Waals surface area contributed by atoms with Crippen molar-refractivity contribution in [2.75, 3.05) is 32.1 Å². The van der Waals surface area contributed by atoms with Crippen LogP contribution in [0.3, 0.4) is 0 Å². The second kappa shape index (κ2) is 11.0. The number of anilines is 2. The Hall–Kier alpha value is -4.51. The van der Waals surface area contributed by atoms with Crippen LogP contribution in [0, 0.1) is 0 Å². The first-order valence-electron chi connectivity index (χ1n) is 12.0. The molecule has 11 heteroatoms. The molecule has 1 aliphatic rings. The third-order valence-electron chi connectivity index (χ3n) is 5.94. The summed E-state index contributed by atoms with van der Waals surface area (Å²) in [7, 11) is 1.60. The SMILES string of the molecule is COc1ccnc(-c2ccnc(Nc3ccc4[nH]c(C(=O)NCCNC(=O)[C@@H]5CCCO5)cc4c3)n2)c1. The van der Waals surface area contributed by atoms with Crippen molar-refractivity contribution >= 4 is 34.4 Å². The molecule has 37 heavy (non-hydrogen) atoms. The van der Waals surface area contributed by atoms with E-state index in [1.54, 1.807) is 37.7 Å². The van der Waals surface area contributed by atoms with E-state index in [1.165, 1.54) is 0 Å². The number of methoxy groups -OCH3 is 1. The predicted molar refractivity (Wildman–Crippen MR) is 138 cm³/mol. The van der Waals surface area contributed by atoms with Crippen molar-refractivity contribution in [1.29, 1.82) is 0 Å². The van der Waals surface area contributed by atoms with E-state index in [2.05, 4.69) is 35.9 Å². The second-order valence-corrected chi connectivity index (χ2v) is 8.51. The van der Waals surface area contributed by atoms with Gasteiger partial charge < -0.3 is 30.4 Å². The van der Waals surface area contributed by atoms with E-state index in [9.17, 15) is 9.59 Å². The van der Waals surface area contributed by atoms with E-state index in [-0.39, 0.29) is 17.9 Å². The number of carbonyl (C=O) groups excluding carboxylic acids is 2. The van der Waals surface area contributed by atoms with Crippen molar-refractivity contribution < 1.29 is 19.1 Å². The number of hydrogen-bond donors (Lipinski definition) is 4. The maximum Gasteiger partial charge on any atom is 0.267 e. The number of carbonyl (C=O) groups is 2. The molecule has 3 aromatic heterocycles. The smallest absolute Gasteiger partial charge is 0.267 e. The van der Waals surface area contributed by atoms with Gasteiger partial charge in [0.25, 0.3) is 5.91 Å². The standard InChI is InChI=1S/C26H27N7O4/c1-36-18-6-8-27-21(15-18)20-7-9-30-26(33-20)31-17-4-5-19-16(13-17)14-22(32-19)24(34)28-10-11-29-25(35)23-3-2-12-37-23/h4-9,13-15,23,32H,2-3,10-12H2,1H3,(H,28,34)(H,29,35)(H,30,31,33)/t23-/m0/s1. The van der Waals surface area contributed by atoms with E-state index < -0.39 is 0 Å². The van der Waals surface area contributed by atoms with Crippen molar-refractivity contribution in [3.63, 3.8) is 0 Å². The fourth-order valence-corrected chi connectivity index (χ4v) is 4.06. The van der Waals surface area contributed by atoms with Crippen LogP contribution >= 0.6 is 0 Å². The predicted octanol–water partition coefficient (Wildman–Crippen LogP) is 2.80. The van der Waals surface area contributed by atoms with Crippen molar-refractivity contribution in [2.45, 2.75) is 18.9 Å². The van der Waals surface area contributed by atoms with Crippen LogP contribution in [0.4, 0.5) is 11.6 Å². The number of amides is 2. The second-order valence-electron chi connectivity index (χ2n) is 8.51. The number of hydrogen-bond acceptors (Lipinski definition) is 8. The van der Waals surface area contributed by atoms with Gasteiger partial charge in [0.2, 0.25) is 11.9 Å². The van der Waals surface area contributed by atoms with Gasteiger partial charge in [0.1, 0.15) is 17.5 Å². The summed E-state index contributed by atoms with van der Waals surface area (Å²) in [6.45, 7) is 1.27. The maximum atomic E-state index is 12.6. The van der Waals surface area contributed by atoms with Gasteiger partial charge in [-0.15, -0.1) is 0 Å². The summed E-state index contributed by atoms with van der Waals surface area (Å²) in [4.78, 5) is 40.9. The van der Waals surface area contributed by atoms with Gasteiger partial charge in [-0.2, -0.15) is 0 Å². The molecular formula is C26H27N7O4. The Bertz CT molecular complexity index is 1420. The Morgan fingerprint density at radius 2 is 1.92 bits per heavy atom.